The van der Waals surface area contributed by atoms with Crippen LogP contribution in [0.25, 0.3) is 0 Å². The van der Waals surface area contributed by atoms with Crippen LogP contribution in [-0.4, -0.2) is 26.4 Å². The molecule has 0 saturated heterocycles. The van der Waals surface area contributed by atoms with E-state index in [0.717, 1.165) is 16.8 Å². The Morgan fingerprint density at radius 1 is 1.20 bits per heavy atom. The third-order valence-electron chi connectivity index (χ3n) is 4.45. The second-order valence-corrected chi connectivity index (χ2v) is 8.34. The summed E-state index contributed by atoms with van der Waals surface area (Å²) in [5.41, 5.74) is 2.95. The molecular formula is C22H25ClN4O2S. The molecule has 3 aromatic rings. The Hall–Kier alpha value is -2.51. The number of halogens is 1. The van der Waals surface area contributed by atoms with Gasteiger partial charge in [0.2, 0.25) is 5.91 Å². The maximum atomic E-state index is 12.3. The van der Waals surface area contributed by atoms with E-state index >= 15 is 0 Å². The summed E-state index contributed by atoms with van der Waals surface area (Å²) in [4.78, 5) is 12.3. The molecule has 158 valence electrons. The number of carbonyl (C=O) groups is 1. The first-order valence-corrected chi connectivity index (χ1v) is 11.1. The molecule has 1 N–H and O–H groups in total. The summed E-state index contributed by atoms with van der Waals surface area (Å²) >= 11 is 7.60. The molecule has 30 heavy (non-hydrogen) atoms. The molecule has 0 aliphatic rings. The van der Waals surface area contributed by atoms with Crippen molar-refractivity contribution in [3.05, 3.63) is 64.4 Å². The predicted octanol–water partition coefficient (Wildman–Crippen LogP) is 5.44. The lowest BCUT2D eigenvalue weighted by Crippen LogP contribution is -2.15. The summed E-state index contributed by atoms with van der Waals surface area (Å²) in [6.07, 6.45) is -0.341. The average molecular weight is 445 g/mol. The molecule has 0 fully saturated rings. The van der Waals surface area contributed by atoms with Gasteiger partial charge in [-0.05, 0) is 63.1 Å². The van der Waals surface area contributed by atoms with Crippen molar-refractivity contribution in [3.63, 3.8) is 0 Å². The first-order valence-electron chi connectivity index (χ1n) is 9.72. The molecule has 6 nitrogen and oxygen atoms in total. The Morgan fingerprint density at radius 2 is 1.97 bits per heavy atom. The minimum atomic E-state index is -0.341. The molecule has 0 aliphatic heterocycles. The second kappa shape index (κ2) is 10.00. The lowest BCUT2D eigenvalue weighted by Gasteiger charge is -2.16. The smallest absolute Gasteiger partial charge is 0.234 e. The highest BCUT2D eigenvalue weighted by Crippen LogP contribution is 2.30. The second-order valence-electron chi connectivity index (χ2n) is 6.99. The topological polar surface area (TPSA) is 69.0 Å². The fraction of sp³-hybridized carbons (Fsp3) is 0.318. The summed E-state index contributed by atoms with van der Waals surface area (Å²) in [7, 11) is 0. The maximum Gasteiger partial charge on any atom is 0.234 e. The molecule has 1 atom stereocenters. The fourth-order valence-corrected chi connectivity index (χ4v) is 3.97. The monoisotopic (exact) mass is 444 g/mol. The number of aryl methyl sites for hydroxylation is 2. The van der Waals surface area contributed by atoms with Crippen LogP contribution >= 0.6 is 23.4 Å². The Kier molecular flexibility index (Phi) is 7.39. The summed E-state index contributed by atoms with van der Waals surface area (Å²) < 4.78 is 8.00. The minimum absolute atomic E-state index is 0.0892. The lowest BCUT2D eigenvalue weighted by molar-refractivity contribution is -0.113. The summed E-state index contributed by atoms with van der Waals surface area (Å²) in [5, 5.41) is 12.7. The SMILES string of the molecule is CCn1c(SCC(=O)Nc2cccc(C)c2)nnc1C(C)Oc1cc(C)ccc1Cl. The van der Waals surface area contributed by atoms with Crippen molar-refractivity contribution in [1.29, 1.82) is 0 Å². The predicted molar refractivity (Wildman–Crippen MR) is 121 cm³/mol. The van der Waals surface area contributed by atoms with Gasteiger partial charge in [0.25, 0.3) is 0 Å². The molecule has 1 amide bonds. The number of nitrogens with one attached hydrogen (secondary N) is 1. The fourth-order valence-electron chi connectivity index (χ4n) is 3.00. The highest BCUT2D eigenvalue weighted by molar-refractivity contribution is 7.99. The molecule has 1 aromatic heterocycles. The van der Waals surface area contributed by atoms with Crippen LogP contribution < -0.4 is 10.1 Å². The zero-order chi connectivity index (χ0) is 21.7. The highest BCUT2D eigenvalue weighted by Gasteiger charge is 2.20. The lowest BCUT2D eigenvalue weighted by atomic mass is 10.2. The van der Waals surface area contributed by atoms with Crippen molar-refractivity contribution in [2.75, 3.05) is 11.1 Å². The number of aromatic nitrogens is 3. The van der Waals surface area contributed by atoms with Crippen LogP contribution in [0, 0.1) is 13.8 Å². The van der Waals surface area contributed by atoms with Crippen LogP contribution in [0.4, 0.5) is 5.69 Å². The van der Waals surface area contributed by atoms with Crippen molar-refractivity contribution < 1.29 is 9.53 Å². The van der Waals surface area contributed by atoms with E-state index in [4.69, 9.17) is 16.3 Å². The van der Waals surface area contributed by atoms with E-state index in [9.17, 15) is 4.79 Å². The number of ether oxygens (including phenoxy) is 1. The van der Waals surface area contributed by atoms with Crippen molar-refractivity contribution in [1.82, 2.24) is 14.8 Å². The van der Waals surface area contributed by atoms with Gasteiger partial charge in [0.05, 0.1) is 10.8 Å². The minimum Gasteiger partial charge on any atom is -0.481 e. The van der Waals surface area contributed by atoms with Crippen molar-refractivity contribution in [3.8, 4) is 5.75 Å². The number of amides is 1. The molecule has 8 heteroatoms. The Bertz CT molecular complexity index is 1040. The van der Waals surface area contributed by atoms with Crippen LogP contribution in [0.1, 0.15) is 36.9 Å². The van der Waals surface area contributed by atoms with Gasteiger partial charge in [0, 0.05) is 12.2 Å². The standard InChI is InChI=1S/C22H25ClN4O2S/c1-5-27-21(16(4)29-19-12-15(3)9-10-18(19)23)25-26-22(27)30-13-20(28)24-17-8-6-7-14(2)11-17/h6-12,16H,5,13H2,1-4H3,(H,24,28). The van der Waals surface area contributed by atoms with Gasteiger partial charge >= 0.3 is 0 Å². The average Bonchev–Trinajstić information content (AvgIpc) is 3.12. The molecular weight excluding hydrogens is 420 g/mol. The summed E-state index contributed by atoms with van der Waals surface area (Å²) in [5.74, 6) is 1.46. The maximum absolute atomic E-state index is 12.3. The third-order valence-corrected chi connectivity index (χ3v) is 5.73. The largest absolute Gasteiger partial charge is 0.481 e. The Balaban J connectivity index is 1.66. The summed E-state index contributed by atoms with van der Waals surface area (Å²) in [6.45, 7) is 8.56. The van der Waals surface area contributed by atoms with Gasteiger partial charge in [0.1, 0.15) is 5.75 Å². The number of hydrogen-bond acceptors (Lipinski definition) is 5. The van der Waals surface area contributed by atoms with Gasteiger partial charge in [0.15, 0.2) is 17.1 Å². The number of nitrogens with zero attached hydrogens (tertiary/aromatic N) is 3. The zero-order valence-corrected chi connectivity index (χ0v) is 19.0. The normalized spacial score (nSPS) is 11.9. The number of carbonyl (C=O) groups excluding carboxylic acids is 1. The van der Waals surface area contributed by atoms with Gasteiger partial charge in [-0.1, -0.05) is 41.6 Å². The molecule has 0 radical (unpaired) electrons. The van der Waals surface area contributed by atoms with E-state index < -0.39 is 0 Å². The van der Waals surface area contributed by atoms with E-state index in [1.54, 1.807) is 0 Å². The zero-order valence-electron chi connectivity index (χ0n) is 17.5. The van der Waals surface area contributed by atoms with Gasteiger partial charge < -0.3 is 14.6 Å². The van der Waals surface area contributed by atoms with E-state index in [1.165, 1.54) is 11.8 Å². The number of benzene rings is 2. The van der Waals surface area contributed by atoms with Crippen molar-refractivity contribution in [2.24, 2.45) is 0 Å². The molecule has 0 saturated carbocycles. The number of thioether (sulfide) groups is 1. The van der Waals surface area contributed by atoms with Crippen molar-refractivity contribution in [2.45, 2.75) is 45.5 Å². The quantitative estimate of drug-likeness (QED) is 0.468. The number of anilines is 1. The van der Waals surface area contributed by atoms with E-state index in [1.807, 2.05) is 74.7 Å². The van der Waals surface area contributed by atoms with Crippen molar-refractivity contribution >= 4 is 35.0 Å². The molecule has 2 aromatic carbocycles. The first kappa shape index (κ1) is 22.2. The van der Waals surface area contributed by atoms with Crippen LogP contribution in [-0.2, 0) is 11.3 Å². The van der Waals surface area contributed by atoms with Crippen LogP contribution in [0.5, 0.6) is 5.75 Å². The van der Waals surface area contributed by atoms with Gasteiger partial charge in [-0.25, -0.2) is 0 Å². The molecule has 3 rings (SSSR count). The Morgan fingerprint density at radius 3 is 2.70 bits per heavy atom. The van der Waals surface area contributed by atoms with E-state index in [-0.39, 0.29) is 17.8 Å². The molecule has 0 bridgehead atoms. The molecule has 1 unspecified atom stereocenters. The van der Waals surface area contributed by atoms with Gasteiger partial charge in [-0.3, -0.25) is 4.79 Å². The molecule has 1 heterocycles. The van der Waals surface area contributed by atoms with Crippen LogP contribution in [0.15, 0.2) is 47.6 Å². The third kappa shape index (κ3) is 5.55. The van der Waals surface area contributed by atoms with E-state index in [2.05, 4.69) is 15.5 Å². The number of rotatable bonds is 8. The Labute approximate surface area is 186 Å². The van der Waals surface area contributed by atoms with E-state index in [0.29, 0.717) is 28.3 Å². The van der Waals surface area contributed by atoms with Gasteiger partial charge in [-0.2, -0.15) is 0 Å². The first-order chi connectivity index (χ1) is 14.4. The number of hydrogen-bond donors (Lipinski definition) is 1. The van der Waals surface area contributed by atoms with Crippen LogP contribution in [0.2, 0.25) is 5.02 Å². The van der Waals surface area contributed by atoms with Gasteiger partial charge in [-0.15, -0.1) is 10.2 Å². The molecule has 0 aliphatic carbocycles. The molecule has 0 spiro atoms. The highest BCUT2D eigenvalue weighted by atomic mass is 35.5. The van der Waals surface area contributed by atoms with Crippen LogP contribution in [0.3, 0.4) is 0 Å². The summed E-state index contributed by atoms with van der Waals surface area (Å²) in [6, 6.07) is 13.4.